The molecule has 0 aliphatic carbocycles. The molecule has 1 spiro atoms. The summed E-state index contributed by atoms with van der Waals surface area (Å²) in [6.45, 7) is 3.25. The summed E-state index contributed by atoms with van der Waals surface area (Å²) in [5.74, 6) is 0. The van der Waals surface area contributed by atoms with Crippen LogP contribution in [-0.2, 0) is 11.2 Å². The van der Waals surface area contributed by atoms with E-state index in [2.05, 4.69) is 17.4 Å². The Morgan fingerprint density at radius 2 is 1.94 bits per heavy atom. The van der Waals surface area contributed by atoms with Crippen LogP contribution in [0.3, 0.4) is 0 Å². The first-order valence-electron chi connectivity index (χ1n) is 6.83. The van der Waals surface area contributed by atoms with Crippen molar-refractivity contribution in [2.45, 2.75) is 31.8 Å². The summed E-state index contributed by atoms with van der Waals surface area (Å²) < 4.78 is 6.02. The average Bonchev–Trinajstić information content (AvgIpc) is 2.76. The maximum atomic E-state index is 6.02. The molecule has 3 rings (SSSR count). The van der Waals surface area contributed by atoms with E-state index >= 15 is 0 Å². The second-order valence-corrected chi connectivity index (χ2v) is 6.15. The minimum absolute atomic E-state index is 0.393. The van der Waals surface area contributed by atoms with Crippen LogP contribution in [0.15, 0.2) is 24.3 Å². The Balaban J connectivity index is 1.60. The van der Waals surface area contributed by atoms with E-state index < -0.39 is 0 Å². The molecule has 0 bridgehead atoms. The Hall–Kier alpha value is -0.570. The summed E-state index contributed by atoms with van der Waals surface area (Å²) in [6.07, 6.45) is 5.17. The smallest absolute Gasteiger partial charge is 0.0621 e. The molecule has 2 aliphatic heterocycles. The van der Waals surface area contributed by atoms with Crippen LogP contribution in [0, 0.1) is 5.41 Å². The normalized spacial score (nSPS) is 26.6. The summed E-state index contributed by atoms with van der Waals surface area (Å²) in [7, 11) is 0. The zero-order valence-electron chi connectivity index (χ0n) is 10.6. The molecule has 98 valence electrons. The molecule has 2 fully saturated rings. The molecule has 1 atom stereocenters. The molecule has 2 heterocycles. The van der Waals surface area contributed by atoms with Gasteiger partial charge in [0.2, 0.25) is 0 Å². The fraction of sp³-hybridized carbons (Fsp3) is 0.600. The molecular formula is C15H20ClNO. The molecular weight excluding hydrogens is 246 g/mol. The highest BCUT2D eigenvalue weighted by Crippen LogP contribution is 2.41. The van der Waals surface area contributed by atoms with Gasteiger partial charge in [0, 0.05) is 5.02 Å². The molecule has 1 aromatic carbocycles. The van der Waals surface area contributed by atoms with Crippen molar-refractivity contribution in [2.75, 3.05) is 19.7 Å². The van der Waals surface area contributed by atoms with Crippen molar-refractivity contribution in [2.24, 2.45) is 5.41 Å². The standard InChI is InChI=1S/C15H20ClNO/c16-13-3-1-12(2-4-13)9-14-10-15(11-18-14)5-7-17-8-6-15/h1-4,14,17H,5-11H2/t14-/m1/s1. The quantitative estimate of drug-likeness (QED) is 0.888. The van der Waals surface area contributed by atoms with E-state index in [-0.39, 0.29) is 0 Å². The van der Waals surface area contributed by atoms with Crippen molar-refractivity contribution in [1.82, 2.24) is 5.32 Å². The van der Waals surface area contributed by atoms with Crippen LogP contribution in [0.2, 0.25) is 5.02 Å². The number of nitrogens with one attached hydrogen (secondary N) is 1. The van der Waals surface area contributed by atoms with Crippen molar-refractivity contribution in [3.05, 3.63) is 34.9 Å². The lowest BCUT2D eigenvalue weighted by Crippen LogP contribution is -2.37. The lowest BCUT2D eigenvalue weighted by molar-refractivity contribution is 0.0867. The fourth-order valence-electron chi connectivity index (χ4n) is 3.22. The van der Waals surface area contributed by atoms with Crippen molar-refractivity contribution in [1.29, 1.82) is 0 Å². The number of hydrogen-bond donors (Lipinski definition) is 1. The first-order chi connectivity index (χ1) is 8.76. The van der Waals surface area contributed by atoms with Gasteiger partial charge in [0.1, 0.15) is 0 Å². The van der Waals surface area contributed by atoms with Gasteiger partial charge in [0.15, 0.2) is 0 Å². The van der Waals surface area contributed by atoms with Crippen molar-refractivity contribution < 1.29 is 4.74 Å². The lowest BCUT2D eigenvalue weighted by atomic mass is 9.77. The SMILES string of the molecule is Clc1ccc(C[C@@H]2CC3(CCNCC3)CO2)cc1. The number of piperidine rings is 1. The van der Waals surface area contributed by atoms with Gasteiger partial charge < -0.3 is 10.1 Å². The van der Waals surface area contributed by atoms with Crippen LogP contribution in [0.5, 0.6) is 0 Å². The molecule has 0 aromatic heterocycles. The average molecular weight is 266 g/mol. The number of benzene rings is 1. The molecule has 18 heavy (non-hydrogen) atoms. The van der Waals surface area contributed by atoms with Crippen molar-refractivity contribution in [3.8, 4) is 0 Å². The van der Waals surface area contributed by atoms with E-state index in [1.807, 2.05) is 12.1 Å². The zero-order chi connectivity index (χ0) is 12.4. The van der Waals surface area contributed by atoms with E-state index in [1.54, 1.807) is 0 Å². The van der Waals surface area contributed by atoms with Crippen LogP contribution in [0.4, 0.5) is 0 Å². The van der Waals surface area contributed by atoms with Gasteiger partial charge in [-0.1, -0.05) is 23.7 Å². The third-order valence-electron chi connectivity index (χ3n) is 4.33. The highest BCUT2D eigenvalue weighted by Gasteiger charge is 2.40. The van der Waals surface area contributed by atoms with E-state index in [0.717, 1.165) is 31.1 Å². The second kappa shape index (κ2) is 5.20. The predicted octanol–water partition coefficient (Wildman–Crippen LogP) is 3.04. The summed E-state index contributed by atoms with van der Waals surface area (Å²) in [4.78, 5) is 0. The van der Waals surface area contributed by atoms with Crippen LogP contribution < -0.4 is 5.32 Å². The maximum absolute atomic E-state index is 6.02. The van der Waals surface area contributed by atoms with Crippen molar-refractivity contribution >= 4 is 11.6 Å². The van der Waals surface area contributed by atoms with Crippen LogP contribution >= 0.6 is 11.6 Å². The highest BCUT2D eigenvalue weighted by atomic mass is 35.5. The van der Waals surface area contributed by atoms with Gasteiger partial charge in [0.25, 0.3) is 0 Å². The van der Waals surface area contributed by atoms with Crippen LogP contribution in [0.25, 0.3) is 0 Å². The van der Waals surface area contributed by atoms with E-state index in [1.165, 1.54) is 24.8 Å². The molecule has 3 heteroatoms. The van der Waals surface area contributed by atoms with Gasteiger partial charge in [-0.3, -0.25) is 0 Å². The molecule has 2 nitrogen and oxygen atoms in total. The molecule has 2 aliphatic rings. The van der Waals surface area contributed by atoms with Gasteiger partial charge in [-0.15, -0.1) is 0 Å². The Bertz CT molecular complexity index is 397. The third-order valence-corrected chi connectivity index (χ3v) is 4.58. The first kappa shape index (κ1) is 12.5. The zero-order valence-corrected chi connectivity index (χ0v) is 11.4. The summed E-state index contributed by atoms with van der Waals surface area (Å²) in [5.41, 5.74) is 1.79. The largest absolute Gasteiger partial charge is 0.377 e. The Labute approximate surface area is 114 Å². The first-order valence-corrected chi connectivity index (χ1v) is 7.20. The fourth-order valence-corrected chi connectivity index (χ4v) is 3.34. The molecule has 1 N–H and O–H groups in total. The monoisotopic (exact) mass is 265 g/mol. The number of halogens is 1. The van der Waals surface area contributed by atoms with Crippen molar-refractivity contribution in [3.63, 3.8) is 0 Å². The minimum Gasteiger partial charge on any atom is -0.377 e. The number of ether oxygens (including phenoxy) is 1. The van der Waals surface area contributed by atoms with E-state index in [9.17, 15) is 0 Å². The summed E-state index contributed by atoms with van der Waals surface area (Å²) in [6, 6.07) is 8.15. The molecule has 1 aromatic rings. The predicted molar refractivity (Wildman–Crippen MR) is 74.0 cm³/mol. The van der Waals surface area contributed by atoms with Crippen LogP contribution in [0.1, 0.15) is 24.8 Å². The molecule has 0 unspecified atom stereocenters. The van der Waals surface area contributed by atoms with Crippen LogP contribution in [-0.4, -0.2) is 25.8 Å². The summed E-state index contributed by atoms with van der Waals surface area (Å²) >= 11 is 5.91. The molecule has 2 saturated heterocycles. The maximum Gasteiger partial charge on any atom is 0.0621 e. The number of hydrogen-bond acceptors (Lipinski definition) is 2. The van der Waals surface area contributed by atoms with Gasteiger partial charge in [-0.25, -0.2) is 0 Å². The topological polar surface area (TPSA) is 21.3 Å². The Morgan fingerprint density at radius 3 is 2.67 bits per heavy atom. The molecule has 0 amide bonds. The Morgan fingerprint density at radius 1 is 1.22 bits per heavy atom. The van der Waals surface area contributed by atoms with E-state index in [4.69, 9.17) is 16.3 Å². The lowest BCUT2D eigenvalue weighted by Gasteiger charge is -2.32. The molecule has 0 radical (unpaired) electrons. The molecule has 0 saturated carbocycles. The minimum atomic E-state index is 0.393. The van der Waals surface area contributed by atoms with Gasteiger partial charge in [-0.05, 0) is 61.9 Å². The summed E-state index contributed by atoms with van der Waals surface area (Å²) in [5, 5.41) is 4.24. The van der Waals surface area contributed by atoms with Gasteiger partial charge in [-0.2, -0.15) is 0 Å². The van der Waals surface area contributed by atoms with Gasteiger partial charge in [0.05, 0.1) is 12.7 Å². The number of rotatable bonds is 2. The third kappa shape index (κ3) is 2.71. The second-order valence-electron chi connectivity index (χ2n) is 5.72. The van der Waals surface area contributed by atoms with Gasteiger partial charge >= 0.3 is 0 Å². The highest BCUT2D eigenvalue weighted by molar-refractivity contribution is 6.30. The Kier molecular flexibility index (Phi) is 3.60. The van der Waals surface area contributed by atoms with E-state index in [0.29, 0.717) is 11.5 Å².